The second kappa shape index (κ2) is 16.8. The average molecular weight is 470 g/mol. The van der Waals surface area contributed by atoms with E-state index in [2.05, 4.69) is 15.8 Å². The normalized spacial score (nSPS) is 12.9. The van der Waals surface area contributed by atoms with Gasteiger partial charge in [0.15, 0.2) is 0 Å². The Morgan fingerprint density at radius 2 is 1.61 bits per heavy atom. The maximum atomic E-state index is 11.6. The Morgan fingerprint density at radius 1 is 1.07 bits per heavy atom. The van der Waals surface area contributed by atoms with Gasteiger partial charge in [0.1, 0.15) is 13.2 Å². The van der Waals surface area contributed by atoms with Crippen molar-refractivity contribution < 1.29 is 46.3 Å². The molecule has 0 saturated heterocycles. The number of hydrogen-bond acceptors (Lipinski definition) is 5. The Labute approximate surface area is 184 Å². The van der Waals surface area contributed by atoms with Crippen molar-refractivity contribution in [1.29, 1.82) is 0 Å². The molecule has 1 aromatic rings. The van der Waals surface area contributed by atoms with Gasteiger partial charge in [0.05, 0.1) is 34.4 Å². The molecule has 9 heteroatoms. The SMILES string of the molecule is C=Cc1ccc(COCCCCOP(=O)([O-])OCC[N+](C)(C)C)cc1.CP.[V]. The van der Waals surface area contributed by atoms with Crippen molar-refractivity contribution in [1.82, 2.24) is 0 Å². The number of phosphoric acid groups is 1. The van der Waals surface area contributed by atoms with E-state index in [4.69, 9.17) is 13.8 Å². The summed E-state index contributed by atoms with van der Waals surface area (Å²) in [5.74, 6) is 0. The minimum atomic E-state index is -4.20. The molecule has 161 valence electrons. The van der Waals surface area contributed by atoms with Crippen molar-refractivity contribution in [2.45, 2.75) is 19.4 Å². The molecule has 2 unspecified atom stereocenters. The number of ether oxygens (including phenoxy) is 1. The second-order valence-electron chi connectivity index (χ2n) is 6.83. The zero-order valence-corrected chi connectivity index (χ0v) is 20.9. The van der Waals surface area contributed by atoms with Crippen molar-refractivity contribution in [2.24, 2.45) is 0 Å². The number of benzene rings is 1. The summed E-state index contributed by atoms with van der Waals surface area (Å²) in [6.07, 6.45) is 3.12. The first-order valence-electron chi connectivity index (χ1n) is 8.99. The predicted octanol–water partition coefficient (Wildman–Crippen LogP) is 3.32. The van der Waals surface area contributed by atoms with Crippen LogP contribution in [0.5, 0.6) is 0 Å². The summed E-state index contributed by atoms with van der Waals surface area (Å²) in [6, 6.07) is 7.98. The van der Waals surface area contributed by atoms with Crippen molar-refractivity contribution in [2.75, 3.05) is 54.2 Å². The van der Waals surface area contributed by atoms with Gasteiger partial charge < -0.3 is 23.2 Å². The molecule has 0 saturated carbocycles. The standard InChI is InChI=1S/C18H30NO5P.CH5P.V/c1-5-17-8-10-18(11-9-17)16-22-13-6-7-14-23-25(20,21)24-15-12-19(2,3)4;1-2;/h5,8-11H,1,6-7,12-16H2,2-4H3;2H2,1H3;. The predicted molar refractivity (Wildman–Crippen MR) is 113 cm³/mol. The number of nitrogens with zero attached hydrogens (tertiary/aromatic N) is 1. The van der Waals surface area contributed by atoms with Crippen LogP contribution in [0.1, 0.15) is 24.0 Å². The van der Waals surface area contributed by atoms with E-state index in [9.17, 15) is 9.46 Å². The molecular formula is C19H35NO5P2V. The van der Waals surface area contributed by atoms with Crippen molar-refractivity contribution in [3.8, 4) is 0 Å². The van der Waals surface area contributed by atoms with Gasteiger partial charge in [-0.15, -0.1) is 9.24 Å². The van der Waals surface area contributed by atoms with Crippen LogP contribution < -0.4 is 4.89 Å². The minimum Gasteiger partial charge on any atom is -0.756 e. The van der Waals surface area contributed by atoms with Gasteiger partial charge in [-0.05, 0) is 24.0 Å². The van der Waals surface area contributed by atoms with Gasteiger partial charge in [-0.25, -0.2) is 0 Å². The van der Waals surface area contributed by atoms with E-state index in [0.29, 0.717) is 30.7 Å². The summed E-state index contributed by atoms with van der Waals surface area (Å²) in [4.78, 5) is 11.6. The van der Waals surface area contributed by atoms with Crippen LogP contribution in [0.25, 0.3) is 6.08 Å². The Bertz CT molecular complexity index is 564. The quantitative estimate of drug-likeness (QED) is 0.251. The van der Waals surface area contributed by atoms with Gasteiger partial charge in [0, 0.05) is 25.2 Å². The largest absolute Gasteiger partial charge is 0.756 e. The van der Waals surface area contributed by atoms with Crippen molar-refractivity contribution in [3.05, 3.63) is 42.0 Å². The van der Waals surface area contributed by atoms with Gasteiger partial charge in [-0.3, -0.25) is 4.57 Å². The molecule has 0 aliphatic heterocycles. The Hall–Kier alpha value is 0.00442. The maximum absolute atomic E-state index is 11.6. The summed E-state index contributed by atoms with van der Waals surface area (Å²) < 4.78 is 27.5. The Kier molecular flexibility index (Phi) is 18.1. The molecule has 0 aromatic heterocycles. The van der Waals surface area contributed by atoms with Gasteiger partial charge in [-0.1, -0.05) is 43.6 Å². The van der Waals surface area contributed by atoms with E-state index in [1.54, 1.807) is 6.08 Å². The number of likely N-dealkylation sites (N-methyl/N-ethyl adjacent to an activating group) is 1. The molecule has 0 fully saturated rings. The fraction of sp³-hybridized carbons (Fsp3) is 0.579. The topological polar surface area (TPSA) is 67.8 Å². The molecular weight excluding hydrogens is 435 g/mol. The number of phosphoric ester groups is 1. The molecule has 1 aromatic carbocycles. The third-order valence-corrected chi connectivity index (χ3v) is 4.43. The number of unbranched alkanes of at least 4 members (excludes halogenated alkanes) is 1. The summed E-state index contributed by atoms with van der Waals surface area (Å²) in [5, 5.41) is 0. The molecule has 28 heavy (non-hydrogen) atoms. The molecule has 1 radical (unpaired) electrons. The molecule has 0 N–H and O–H groups in total. The molecule has 6 nitrogen and oxygen atoms in total. The molecule has 0 amide bonds. The molecule has 0 heterocycles. The number of rotatable bonds is 13. The monoisotopic (exact) mass is 470 g/mol. The third kappa shape index (κ3) is 16.9. The summed E-state index contributed by atoms with van der Waals surface area (Å²) in [6.45, 7) is 7.55. The van der Waals surface area contributed by atoms with Crippen LogP contribution in [0.15, 0.2) is 30.8 Å². The van der Waals surface area contributed by atoms with E-state index in [-0.39, 0.29) is 31.8 Å². The van der Waals surface area contributed by atoms with Crippen LogP contribution in [-0.4, -0.2) is 58.7 Å². The van der Waals surface area contributed by atoms with Crippen LogP contribution in [0.3, 0.4) is 0 Å². The summed E-state index contributed by atoms with van der Waals surface area (Å²) in [5.41, 5.74) is 2.17. The van der Waals surface area contributed by atoms with E-state index < -0.39 is 7.82 Å². The molecule has 0 bridgehead atoms. The van der Waals surface area contributed by atoms with Gasteiger partial charge in [0.25, 0.3) is 7.82 Å². The minimum absolute atomic E-state index is 0. The number of quaternary nitrogens is 1. The smallest absolute Gasteiger partial charge is 0.268 e. The zero-order chi connectivity index (χ0) is 20.8. The first-order valence-corrected chi connectivity index (χ1v) is 11.6. The molecule has 2 atom stereocenters. The maximum Gasteiger partial charge on any atom is 0.268 e. The van der Waals surface area contributed by atoms with Crippen LogP contribution in [0.4, 0.5) is 0 Å². The Balaban J connectivity index is 0. The summed E-state index contributed by atoms with van der Waals surface area (Å²) in [7, 11) is 4.12. The fourth-order valence-electron chi connectivity index (χ4n) is 1.89. The zero-order valence-electron chi connectivity index (χ0n) is 17.5. The summed E-state index contributed by atoms with van der Waals surface area (Å²) >= 11 is 0. The fourth-order valence-corrected chi connectivity index (χ4v) is 2.62. The molecule has 0 aliphatic rings. The molecule has 0 spiro atoms. The molecule has 1 rings (SSSR count). The average Bonchev–Trinajstić information content (AvgIpc) is 2.61. The third-order valence-electron chi connectivity index (χ3n) is 3.43. The van der Waals surface area contributed by atoms with Crippen LogP contribution in [0.2, 0.25) is 0 Å². The van der Waals surface area contributed by atoms with Crippen molar-refractivity contribution in [3.63, 3.8) is 0 Å². The van der Waals surface area contributed by atoms with E-state index >= 15 is 0 Å². The molecule has 0 aliphatic carbocycles. The van der Waals surface area contributed by atoms with Gasteiger partial charge >= 0.3 is 0 Å². The van der Waals surface area contributed by atoms with E-state index in [1.165, 1.54) is 0 Å². The van der Waals surface area contributed by atoms with Crippen molar-refractivity contribution >= 4 is 23.1 Å². The Morgan fingerprint density at radius 3 is 2.14 bits per heavy atom. The van der Waals surface area contributed by atoms with Gasteiger partial charge in [0.2, 0.25) is 0 Å². The number of hydrogen-bond donors (Lipinski definition) is 0. The van der Waals surface area contributed by atoms with Crippen LogP contribution in [0, 0.1) is 0 Å². The van der Waals surface area contributed by atoms with Crippen LogP contribution in [-0.2, 0) is 43.5 Å². The first-order chi connectivity index (χ1) is 12.7. The van der Waals surface area contributed by atoms with Gasteiger partial charge in [-0.2, -0.15) is 0 Å². The first kappa shape index (κ1) is 30.2. The second-order valence-corrected chi connectivity index (χ2v) is 8.24. The van der Waals surface area contributed by atoms with E-state index in [1.807, 2.05) is 52.1 Å². The van der Waals surface area contributed by atoms with Crippen LogP contribution >= 0.6 is 17.1 Å². The van der Waals surface area contributed by atoms with E-state index in [0.717, 1.165) is 17.5 Å².